The molecule has 1 unspecified atom stereocenters. The first-order valence-electron chi connectivity index (χ1n) is 6.03. The van der Waals surface area contributed by atoms with Gasteiger partial charge in [0.2, 0.25) is 0 Å². The van der Waals surface area contributed by atoms with E-state index in [4.69, 9.17) is 14.2 Å². The lowest BCUT2D eigenvalue weighted by Crippen LogP contribution is -2.14. The van der Waals surface area contributed by atoms with E-state index in [9.17, 15) is 4.79 Å². The molecule has 0 aliphatic rings. The SMILES string of the molecule is CCCCCCOC(=O)OCCC(C)OC. The van der Waals surface area contributed by atoms with Gasteiger partial charge >= 0.3 is 6.16 Å². The molecule has 4 nitrogen and oxygen atoms in total. The molecule has 0 N–H and O–H groups in total. The van der Waals surface area contributed by atoms with Crippen molar-refractivity contribution in [1.82, 2.24) is 0 Å². The van der Waals surface area contributed by atoms with Gasteiger partial charge in [0.25, 0.3) is 0 Å². The molecule has 0 rings (SSSR count). The zero-order chi connectivity index (χ0) is 12.2. The number of hydrogen-bond acceptors (Lipinski definition) is 4. The Morgan fingerprint density at radius 3 is 2.44 bits per heavy atom. The number of rotatable bonds is 9. The number of hydrogen-bond donors (Lipinski definition) is 0. The average molecular weight is 232 g/mol. The van der Waals surface area contributed by atoms with Crippen molar-refractivity contribution < 1.29 is 19.0 Å². The van der Waals surface area contributed by atoms with Gasteiger partial charge in [0, 0.05) is 13.5 Å². The molecule has 4 heteroatoms. The Labute approximate surface area is 98.3 Å². The highest BCUT2D eigenvalue weighted by Crippen LogP contribution is 2.00. The number of carbonyl (C=O) groups is 1. The minimum atomic E-state index is -0.570. The van der Waals surface area contributed by atoms with E-state index in [0.29, 0.717) is 19.6 Å². The summed E-state index contributed by atoms with van der Waals surface area (Å²) < 4.78 is 14.8. The van der Waals surface area contributed by atoms with Crippen molar-refractivity contribution >= 4 is 6.16 Å². The third-order valence-corrected chi connectivity index (χ3v) is 2.36. The fraction of sp³-hybridized carbons (Fsp3) is 0.917. The first-order valence-corrected chi connectivity index (χ1v) is 6.03. The van der Waals surface area contributed by atoms with Crippen LogP contribution in [0.3, 0.4) is 0 Å². The second-order valence-corrected chi connectivity index (χ2v) is 3.84. The van der Waals surface area contributed by atoms with E-state index in [1.807, 2.05) is 6.92 Å². The van der Waals surface area contributed by atoms with Crippen LogP contribution in [0.2, 0.25) is 0 Å². The van der Waals surface area contributed by atoms with Gasteiger partial charge in [0.05, 0.1) is 19.3 Å². The van der Waals surface area contributed by atoms with Gasteiger partial charge in [-0.25, -0.2) is 4.79 Å². The first kappa shape index (κ1) is 15.2. The van der Waals surface area contributed by atoms with Crippen LogP contribution in [0.5, 0.6) is 0 Å². The summed E-state index contributed by atoms with van der Waals surface area (Å²) in [7, 11) is 1.64. The van der Waals surface area contributed by atoms with Gasteiger partial charge in [-0.1, -0.05) is 26.2 Å². The maximum absolute atomic E-state index is 11.1. The zero-order valence-corrected chi connectivity index (χ0v) is 10.7. The van der Waals surface area contributed by atoms with Gasteiger partial charge in [0.1, 0.15) is 0 Å². The van der Waals surface area contributed by atoms with Gasteiger partial charge in [-0.05, 0) is 13.3 Å². The fourth-order valence-electron chi connectivity index (χ4n) is 1.15. The van der Waals surface area contributed by atoms with Crippen molar-refractivity contribution in [3.63, 3.8) is 0 Å². The van der Waals surface area contributed by atoms with E-state index < -0.39 is 6.16 Å². The fourth-order valence-corrected chi connectivity index (χ4v) is 1.15. The lowest BCUT2D eigenvalue weighted by molar-refractivity contribution is 0.0363. The quantitative estimate of drug-likeness (QED) is 0.452. The number of methoxy groups -OCH3 is 1. The molecule has 0 saturated carbocycles. The Morgan fingerprint density at radius 2 is 1.81 bits per heavy atom. The molecule has 0 heterocycles. The van der Waals surface area contributed by atoms with Gasteiger partial charge in [-0.15, -0.1) is 0 Å². The normalized spacial score (nSPS) is 12.2. The standard InChI is InChI=1S/C12H24O4/c1-4-5-6-7-9-15-12(13)16-10-8-11(2)14-3/h11H,4-10H2,1-3H3. The highest BCUT2D eigenvalue weighted by atomic mass is 16.7. The Kier molecular flexibility index (Phi) is 10.2. The smallest absolute Gasteiger partial charge is 0.434 e. The second kappa shape index (κ2) is 10.7. The monoisotopic (exact) mass is 232 g/mol. The predicted octanol–water partition coefficient (Wildman–Crippen LogP) is 3.14. The Bertz CT molecular complexity index is 170. The van der Waals surface area contributed by atoms with Crippen molar-refractivity contribution in [1.29, 1.82) is 0 Å². The topological polar surface area (TPSA) is 44.8 Å². The summed E-state index contributed by atoms with van der Waals surface area (Å²) in [4.78, 5) is 11.1. The van der Waals surface area contributed by atoms with Crippen LogP contribution in [0, 0.1) is 0 Å². The molecule has 0 aromatic carbocycles. The van der Waals surface area contributed by atoms with Crippen molar-refractivity contribution in [3.05, 3.63) is 0 Å². The molecule has 0 aliphatic carbocycles. The number of carbonyl (C=O) groups excluding carboxylic acids is 1. The van der Waals surface area contributed by atoms with Crippen molar-refractivity contribution in [2.45, 2.75) is 52.1 Å². The van der Waals surface area contributed by atoms with Gasteiger partial charge in [0.15, 0.2) is 0 Å². The molecular formula is C12H24O4. The molecule has 16 heavy (non-hydrogen) atoms. The van der Waals surface area contributed by atoms with E-state index in [0.717, 1.165) is 12.8 Å². The summed E-state index contributed by atoms with van der Waals surface area (Å²) in [5, 5.41) is 0. The minimum absolute atomic E-state index is 0.109. The summed E-state index contributed by atoms with van der Waals surface area (Å²) in [6.07, 6.45) is 4.61. The summed E-state index contributed by atoms with van der Waals surface area (Å²) >= 11 is 0. The minimum Gasteiger partial charge on any atom is -0.434 e. The van der Waals surface area contributed by atoms with E-state index in [1.54, 1.807) is 7.11 Å². The van der Waals surface area contributed by atoms with E-state index >= 15 is 0 Å². The van der Waals surface area contributed by atoms with Crippen molar-refractivity contribution in [2.75, 3.05) is 20.3 Å². The predicted molar refractivity (Wildman–Crippen MR) is 62.5 cm³/mol. The van der Waals surface area contributed by atoms with Crippen LogP contribution in [0.15, 0.2) is 0 Å². The first-order chi connectivity index (χ1) is 7.70. The van der Waals surface area contributed by atoms with E-state index in [-0.39, 0.29) is 6.10 Å². The average Bonchev–Trinajstić information content (AvgIpc) is 2.28. The Hall–Kier alpha value is -0.770. The van der Waals surface area contributed by atoms with Crippen LogP contribution >= 0.6 is 0 Å². The van der Waals surface area contributed by atoms with Crippen LogP contribution in [0.4, 0.5) is 4.79 Å². The van der Waals surface area contributed by atoms with Crippen LogP contribution in [-0.4, -0.2) is 32.6 Å². The summed E-state index contributed by atoms with van der Waals surface area (Å²) in [5.41, 5.74) is 0. The molecule has 0 aromatic rings. The highest BCUT2D eigenvalue weighted by molar-refractivity contribution is 5.59. The third-order valence-electron chi connectivity index (χ3n) is 2.36. The largest absolute Gasteiger partial charge is 0.508 e. The zero-order valence-electron chi connectivity index (χ0n) is 10.7. The van der Waals surface area contributed by atoms with E-state index in [2.05, 4.69) is 6.92 Å². The molecule has 1 atom stereocenters. The molecular weight excluding hydrogens is 208 g/mol. The van der Waals surface area contributed by atoms with Crippen LogP contribution in [-0.2, 0) is 14.2 Å². The second-order valence-electron chi connectivity index (χ2n) is 3.84. The van der Waals surface area contributed by atoms with Crippen molar-refractivity contribution in [2.24, 2.45) is 0 Å². The number of ether oxygens (including phenoxy) is 3. The van der Waals surface area contributed by atoms with Gasteiger partial charge in [-0.3, -0.25) is 0 Å². The van der Waals surface area contributed by atoms with Gasteiger partial charge < -0.3 is 14.2 Å². The molecule has 0 aromatic heterocycles. The molecule has 96 valence electrons. The van der Waals surface area contributed by atoms with E-state index in [1.165, 1.54) is 12.8 Å². The molecule has 0 amide bonds. The molecule has 0 saturated heterocycles. The lowest BCUT2D eigenvalue weighted by atomic mass is 10.2. The molecule has 0 spiro atoms. The molecule has 0 aliphatic heterocycles. The number of unbranched alkanes of at least 4 members (excludes halogenated alkanes) is 3. The summed E-state index contributed by atoms with van der Waals surface area (Å²) in [6, 6.07) is 0. The Morgan fingerprint density at radius 1 is 1.12 bits per heavy atom. The maximum atomic E-state index is 11.1. The third kappa shape index (κ3) is 9.77. The van der Waals surface area contributed by atoms with Crippen LogP contribution in [0.1, 0.15) is 46.0 Å². The molecule has 0 radical (unpaired) electrons. The lowest BCUT2D eigenvalue weighted by Gasteiger charge is -2.09. The van der Waals surface area contributed by atoms with Gasteiger partial charge in [-0.2, -0.15) is 0 Å². The van der Waals surface area contributed by atoms with Crippen LogP contribution in [0.25, 0.3) is 0 Å². The van der Waals surface area contributed by atoms with Crippen molar-refractivity contribution in [3.8, 4) is 0 Å². The molecule has 0 fully saturated rings. The summed E-state index contributed by atoms with van der Waals surface area (Å²) in [5.74, 6) is 0. The summed E-state index contributed by atoms with van der Waals surface area (Å²) in [6.45, 7) is 4.88. The maximum Gasteiger partial charge on any atom is 0.508 e. The molecule has 0 bridgehead atoms. The Balaban J connectivity index is 3.24. The highest BCUT2D eigenvalue weighted by Gasteiger charge is 2.05. The van der Waals surface area contributed by atoms with Crippen LogP contribution < -0.4 is 0 Å².